The Labute approximate surface area is 91.7 Å². The zero-order chi connectivity index (χ0) is 11.5. The lowest BCUT2D eigenvalue weighted by Gasteiger charge is -2.18. The molecule has 0 aliphatic rings. The first-order valence-corrected chi connectivity index (χ1v) is 5.14. The Morgan fingerprint density at radius 3 is 2.80 bits per heavy atom. The summed E-state index contributed by atoms with van der Waals surface area (Å²) in [6, 6.07) is 1.88. The summed E-state index contributed by atoms with van der Waals surface area (Å²) in [5.74, 6) is 0.339. The molecule has 1 rings (SSSR count). The van der Waals surface area contributed by atoms with E-state index in [4.69, 9.17) is 10.00 Å². The van der Waals surface area contributed by atoms with E-state index in [1.165, 1.54) is 11.3 Å². The van der Waals surface area contributed by atoms with Crippen LogP contribution in [0.5, 0.6) is 0 Å². The SMILES string of the molecule is CC(C)(C)OC(=O)Nc1csc(C#N)n1. The number of carbonyl (C=O) groups is 1. The van der Waals surface area contributed by atoms with E-state index in [2.05, 4.69) is 10.3 Å². The van der Waals surface area contributed by atoms with Gasteiger partial charge in [0.05, 0.1) is 0 Å². The second kappa shape index (κ2) is 4.28. The van der Waals surface area contributed by atoms with Gasteiger partial charge in [-0.2, -0.15) is 5.26 Å². The lowest BCUT2D eigenvalue weighted by Crippen LogP contribution is -2.27. The fourth-order valence-electron chi connectivity index (χ4n) is 0.791. The summed E-state index contributed by atoms with van der Waals surface area (Å²) in [5, 5.41) is 12.9. The van der Waals surface area contributed by atoms with Crippen LogP contribution in [0.4, 0.5) is 10.6 Å². The standard InChI is InChI=1S/C9H11N3O2S/c1-9(2,3)14-8(13)12-6-5-15-7(4-10)11-6/h5H,1-3H3,(H,12,13). The van der Waals surface area contributed by atoms with Crippen LogP contribution >= 0.6 is 11.3 Å². The van der Waals surface area contributed by atoms with Crippen molar-refractivity contribution in [2.75, 3.05) is 5.32 Å². The topological polar surface area (TPSA) is 75.0 Å². The summed E-state index contributed by atoms with van der Waals surface area (Å²) in [7, 11) is 0. The molecule has 0 bridgehead atoms. The highest BCUT2D eigenvalue weighted by atomic mass is 32.1. The number of hydrogen-bond acceptors (Lipinski definition) is 5. The van der Waals surface area contributed by atoms with Crippen molar-refractivity contribution in [2.45, 2.75) is 26.4 Å². The van der Waals surface area contributed by atoms with E-state index >= 15 is 0 Å². The zero-order valence-electron chi connectivity index (χ0n) is 8.70. The van der Waals surface area contributed by atoms with Gasteiger partial charge < -0.3 is 4.74 Å². The Balaban J connectivity index is 2.56. The molecule has 0 spiro atoms. The molecule has 6 heteroatoms. The molecule has 0 fully saturated rings. The van der Waals surface area contributed by atoms with Crippen LogP contribution in [0.1, 0.15) is 25.8 Å². The predicted octanol–water partition coefficient (Wildman–Crippen LogP) is 2.36. The molecule has 0 unspecified atom stereocenters. The first-order chi connectivity index (χ1) is 6.90. The highest BCUT2D eigenvalue weighted by molar-refractivity contribution is 7.10. The van der Waals surface area contributed by atoms with Gasteiger partial charge in [-0.3, -0.25) is 5.32 Å². The number of amides is 1. The van der Waals surface area contributed by atoms with Gasteiger partial charge in [0.15, 0.2) is 5.01 Å². The summed E-state index contributed by atoms with van der Waals surface area (Å²) in [6.45, 7) is 5.32. The third-order valence-corrected chi connectivity index (χ3v) is 1.98. The number of nitrogens with zero attached hydrogens (tertiary/aromatic N) is 2. The fourth-order valence-corrected chi connectivity index (χ4v) is 1.33. The number of nitrogens with one attached hydrogen (secondary N) is 1. The number of aromatic nitrogens is 1. The molecular formula is C9H11N3O2S. The molecule has 15 heavy (non-hydrogen) atoms. The molecule has 0 aromatic carbocycles. The van der Waals surface area contributed by atoms with Gasteiger partial charge in [0.25, 0.3) is 0 Å². The second-order valence-corrected chi connectivity index (χ2v) is 4.63. The fraction of sp³-hybridized carbons (Fsp3) is 0.444. The highest BCUT2D eigenvalue weighted by Crippen LogP contribution is 2.14. The van der Waals surface area contributed by atoms with Crippen molar-refractivity contribution < 1.29 is 9.53 Å². The van der Waals surface area contributed by atoms with Crippen LogP contribution in [0.25, 0.3) is 0 Å². The van der Waals surface area contributed by atoms with Crippen LogP contribution in [0.3, 0.4) is 0 Å². The molecule has 1 amide bonds. The van der Waals surface area contributed by atoms with Gasteiger partial charge in [0.2, 0.25) is 0 Å². The van der Waals surface area contributed by atoms with E-state index in [0.29, 0.717) is 10.8 Å². The van der Waals surface area contributed by atoms with Gasteiger partial charge in [-0.1, -0.05) is 0 Å². The minimum Gasteiger partial charge on any atom is -0.444 e. The van der Waals surface area contributed by atoms with Crippen molar-refractivity contribution in [1.29, 1.82) is 5.26 Å². The van der Waals surface area contributed by atoms with Gasteiger partial charge in [0.1, 0.15) is 17.5 Å². The van der Waals surface area contributed by atoms with Crippen molar-refractivity contribution >= 4 is 23.2 Å². The Hall–Kier alpha value is -1.61. The first kappa shape index (κ1) is 11.5. The van der Waals surface area contributed by atoms with E-state index < -0.39 is 11.7 Å². The van der Waals surface area contributed by atoms with Crippen molar-refractivity contribution in [3.05, 3.63) is 10.4 Å². The lowest BCUT2D eigenvalue weighted by atomic mass is 10.2. The number of rotatable bonds is 1. The van der Waals surface area contributed by atoms with Gasteiger partial charge in [-0.15, -0.1) is 11.3 Å². The molecule has 0 aliphatic carbocycles. The Bertz CT molecular complexity index is 400. The molecule has 80 valence electrons. The molecule has 5 nitrogen and oxygen atoms in total. The maximum Gasteiger partial charge on any atom is 0.413 e. The van der Waals surface area contributed by atoms with Crippen LogP contribution in [-0.2, 0) is 4.74 Å². The lowest BCUT2D eigenvalue weighted by molar-refractivity contribution is 0.0635. The van der Waals surface area contributed by atoms with E-state index in [9.17, 15) is 4.79 Å². The molecule has 1 aromatic rings. The van der Waals surface area contributed by atoms with Crippen LogP contribution in [0, 0.1) is 11.3 Å². The smallest absolute Gasteiger partial charge is 0.413 e. The van der Waals surface area contributed by atoms with Crippen molar-refractivity contribution in [2.24, 2.45) is 0 Å². The van der Waals surface area contributed by atoms with Gasteiger partial charge in [-0.05, 0) is 20.8 Å². The third-order valence-electron chi connectivity index (χ3n) is 1.23. The summed E-state index contributed by atoms with van der Waals surface area (Å²) in [4.78, 5) is 15.1. The van der Waals surface area contributed by atoms with Crippen LogP contribution < -0.4 is 5.32 Å². The third kappa shape index (κ3) is 3.95. The van der Waals surface area contributed by atoms with E-state index in [-0.39, 0.29) is 0 Å². The number of carbonyl (C=O) groups excluding carboxylic acids is 1. The Morgan fingerprint density at radius 1 is 1.67 bits per heavy atom. The maximum atomic E-state index is 11.3. The summed E-state index contributed by atoms with van der Waals surface area (Å²) >= 11 is 1.17. The van der Waals surface area contributed by atoms with Crippen molar-refractivity contribution in [3.63, 3.8) is 0 Å². The molecular weight excluding hydrogens is 214 g/mol. The molecule has 1 N–H and O–H groups in total. The largest absolute Gasteiger partial charge is 0.444 e. The van der Waals surface area contributed by atoms with Gasteiger partial charge in [0, 0.05) is 5.38 Å². The summed E-state index contributed by atoms with van der Waals surface area (Å²) < 4.78 is 5.02. The molecule has 0 atom stereocenters. The van der Waals surface area contributed by atoms with Gasteiger partial charge in [-0.25, -0.2) is 9.78 Å². The number of nitriles is 1. The van der Waals surface area contributed by atoms with E-state index in [1.54, 1.807) is 26.2 Å². The van der Waals surface area contributed by atoms with Crippen LogP contribution in [-0.4, -0.2) is 16.7 Å². The van der Waals surface area contributed by atoms with E-state index in [1.807, 2.05) is 6.07 Å². The molecule has 1 heterocycles. The average molecular weight is 225 g/mol. The monoisotopic (exact) mass is 225 g/mol. The molecule has 1 aromatic heterocycles. The van der Waals surface area contributed by atoms with Crippen LogP contribution in [0.2, 0.25) is 0 Å². The molecule has 0 radical (unpaired) electrons. The highest BCUT2D eigenvalue weighted by Gasteiger charge is 2.16. The zero-order valence-corrected chi connectivity index (χ0v) is 9.51. The Kier molecular flexibility index (Phi) is 3.27. The normalized spacial score (nSPS) is 10.5. The summed E-state index contributed by atoms with van der Waals surface area (Å²) in [6.07, 6.45) is -0.572. The summed E-state index contributed by atoms with van der Waals surface area (Å²) in [5.41, 5.74) is -0.543. The average Bonchev–Trinajstić information content (AvgIpc) is 2.48. The van der Waals surface area contributed by atoms with Crippen molar-refractivity contribution in [3.8, 4) is 6.07 Å². The quantitative estimate of drug-likeness (QED) is 0.796. The van der Waals surface area contributed by atoms with Crippen LogP contribution in [0.15, 0.2) is 5.38 Å². The van der Waals surface area contributed by atoms with Crippen molar-refractivity contribution in [1.82, 2.24) is 4.98 Å². The Morgan fingerprint density at radius 2 is 2.33 bits per heavy atom. The molecule has 0 aliphatic heterocycles. The number of hydrogen-bond donors (Lipinski definition) is 1. The van der Waals surface area contributed by atoms with Gasteiger partial charge >= 0.3 is 6.09 Å². The molecule has 0 saturated heterocycles. The number of anilines is 1. The predicted molar refractivity (Wildman–Crippen MR) is 56.7 cm³/mol. The second-order valence-electron chi connectivity index (χ2n) is 3.78. The number of thiazole rings is 1. The minimum atomic E-state index is -0.572. The molecule has 0 saturated carbocycles. The van der Waals surface area contributed by atoms with E-state index in [0.717, 1.165) is 0 Å². The number of ether oxygens (including phenoxy) is 1. The minimum absolute atomic E-state index is 0.307. The maximum absolute atomic E-state index is 11.3. The first-order valence-electron chi connectivity index (χ1n) is 4.26.